The lowest BCUT2D eigenvalue weighted by molar-refractivity contribution is 0.217. The van der Waals surface area contributed by atoms with Gasteiger partial charge in [-0.15, -0.1) is 0 Å². The van der Waals surface area contributed by atoms with Crippen LogP contribution in [0, 0.1) is 0 Å². The molecule has 1 aromatic heterocycles. The molecule has 0 spiro atoms. The van der Waals surface area contributed by atoms with Crippen molar-refractivity contribution in [2.45, 2.75) is 26.4 Å². The standard InChI is InChI=1S/C15H17N3O/c1-3-12-8-16-15(17-9-12)18-10-11(2)19-14-7-5-4-6-13(14)18/h4-9,11H,3,10H2,1-2H3. The Labute approximate surface area is 113 Å². The van der Waals surface area contributed by atoms with E-state index in [4.69, 9.17) is 4.74 Å². The molecule has 0 amide bonds. The topological polar surface area (TPSA) is 38.2 Å². The third-order valence-electron chi connectivity index (χ3n) is 3.27. The van der Waals surface area contributed by atoms with Crippen LogP contribution >= 0.6 is 0 Å². The second kappa shape index (κ2) is 4.88. The minimum atomic E-state index is 0.129. The molecule has 1 aliphatic rings. The minimum Gasteiger partial charge on any atom is -0.487 e. The molecule has 0 aliphatic carbocycles. The molecule has 3 rings (SSSR count). The maximum absolute atomic E-state index is 5.83. The van der Waals surface area contributed by atoms with Gasteiger partial charge in [-0.2, -0.15) is 0 Å². The van der Waals surface area contributed by atoms with Crippen molar-refractivity contribution >= 4 is 11.6 Å². The number of anilines is 2. The lowest BCUT2D eigenvalue weighted by Gasteiger charge is -2.33. The maximum Gasteiger partial charge on any atom is 0.230 e. The van der Waals surface area contributed by atoms with Crippen LogP contribution in [0.25, 0.3) is 0 Å². The predicted octanol–water partition coefficient (Wildman–Crippen LogP) is 2.96. The van der Waals surface area contributed by atoms with E-state index in [1.54, 1.807) is 0 Å². The molecule has 2 aromatic rings. The van der Waals surface area contributed by atoms with Crippen LogP contribution in [0.2, 0.25) is 0 Å². The molecule has 0 fully saturated rings. The number of aromatic nitrogens is 2. The second-order valence-electron chi connectivity index (χ2n) is 4.75. The Morgan fingerprint density at radius 2 is 2.00 bits per heavy atom. The van der Waals surface area contributed by atoms with Crippen molar-refractivity contribution in [1.29, 1.82) is 0 Å². The van der Waals surface area contributed by atoms with Crippen LogP contribution in [0.3, 0.4) is 0 Å². The second-order valence-corrected chi connectivity index (χ2v) is 4.75. The highest BCUT2D eigenvalue weighted by atomic mass is 16.5. The molecule has 0 radical (unpaired) electrons. The normalized spacial score (nSPS) is 17.8. The van der Waals surface area contributed by atoms with E-state index < -0.39 is 0 Å². The molecule has 98 valence electrons. The molecule has 4 heteroatoms. The number of aryl methyl sites for hydroxylation is 1. The lowest BCUT2D eigenvalue weighted by Crippen LogP contribution is -2.36. The van der Waals surface area contributed by atoms with Gasteiger partial charge in [0, 0.05) is 12.4 Å². The van der Waals surface area contributed by atoms with Gasteiger partial charge < -0.3 is 9.64 Å². The SMILES string of the molecule is CCc1cnc(N2CC(C)Oc3ccccc32)nc1. The largest absolute Gasteiger partial charge is 0.487 e. The number of hydrogen-bond acceptors (Lipinski definition) is 4. The molecule has 2 heterocycles. The van der Waals surface area contributed by atoms with E-state index >= 15 is 0 Å². The molecule has 1 aliphatic heterocycles. The Balaban J connectivity index is 1.99. The Morgan fingerprint density at radius 3 is 2.74 bits per heavy atom. The molecule has 1 aromatic carbocycles. The van der Waals surface area contributed by atoms with Crippen LogP contribution in [0.5, 0.6) is 5.75 Å². The molecule has 0 N–H and O–H groups in total. The fourth-order valence-electron chi connectivity index (χ4n) is 2.25. The quantitative estimate of drug-likeness (QED) is 0.827. The Bertz CT molecular complexity index is 568. The first-order valence-corrected chi connectivity index (χ1v) is 6.62. The highest BCUT2D eigenvalue weighted by molar-refractivity contribution is 5.66. The third kappa shape index (κ3) is 2.26. The van der Waals surface area contributed by atoms with Crippen LogP contribution in [0.1, 0.15) is 19.4 Å². The summed E-state index contributed by atoms with van der Waals surface area (Å²) in [5, 5.41) is 0. The summed E-state index contributed by atoms with van der Waals surface area (Å²) in [6, 6.07) is 8.01. The van der Waals surface area contributed by atoms with E-state index in [-0.39, 0.29) is 6.10 Å². The highest BCUT2D eigenvalue weighted by Crippen LogP contribution is 2.36. The molecule has 0 saturated carbocycles. The lowest BCUT2D eigenvalue weighted by atomic mass is 10.2. The van der Waals surface area contributed by atoms with Gasteiger partial charge in [-0.25, -0.2) is 9.97 Å². The summed E-state index contributed by atoms with van der Waals surface area (Å²) in [7, 11) is 0. The van der Waals surface area contributed by atoms with E-state index in [0.29, 0.717) is 0 Å². The maximum atomic E-state index is 5.83. The van der Waals surface area contributed by atoms with Crippen LogP contribution < -0.4 is 9.64 Å². The first-order chi connectivity index (χ1) is 9.28. The van der Waals surface area contributed by atoms with Crippen molar-refractivity contribution in [3.8, 4) is 5.75 Å². The first kappa shape index (κ1) is 12.0. The van der Waals surface area contributed by atoms with Gasteiger partial charge in [0.15, 0.2) is 0 Å². The van der Waals surface area contributed by atoms with Crippen molar-refractivity contribution in [3.63, 3.8) is 0 Å². The van der Waals surface area contributed by atoms with Crippen LogP contribution in [0.4, 0.5) is 11.6 Å². The molecule has 0 saturated heterocycles. The van der Waals surface area contributed by atoms with Gasteiger partial charge in [0.25, 0.3) is 0 Å². The Hall–Kier alpha value is -2.10. The van der Waals surface area contributed by atoms with Crippen LogP contribution in [-0.2, 0) is 6.42 Å². The molecule has 19 heavy (non-hydrogen) atoms. The summed E-state index contributed by atoms with van der Waals surface area (Å²) in [6.45, 7) is 4.93. The summed E-state index contributed by atoms with van der Waals surface area (Å²) < 4.78 is 5.83. The average Bonchev–Trinajstić information content (AvgIpc) is 2.46. The van der Waals surface area contributed by atoms with Crippen molar-refractivity contribution in [1.82, 2.24) is 9.97 Å². The van der Waals surface area contributed by atoms with Gasteiger partial charge in [0.1, 0.15) is 11.9 Å². The summed E-state index contributed by atoms with van der Waals surface area (Å²) in [5.41, 5.74) is 2.18. The van der Waals surface area contributed by atoms with Gasteiger partial charge >= 0.3 is 0 Å². The van der Waals surface area contributed by atoms with E-state index in [1.165, 1.54) is 0 Å². The molecule has 0 bridgehead atoms. The van der Waals surface area contributed by atoms with Gasteiger partial charge in [0.2, 0.25) is 5.95 Å². The Morgan fingerprint density at radius 1 is 1.26 bits per heavy atom. The first-order valence-electron chi connectivity index (χ1n) is 6.62. The number of benzene rings is 1. The number of ether oxygens (including phenoxy) is 1. The molecular formula is C15H17N3O. The van der Waals surface area contributed by atoms with Gasteiger partial charge in [-0.1, -0.05) is 19.1 Å². The summed E-state index contributed by atoms with van der Waals surface area (Å²) in [6.07, 6.45) is 4.87. The number of rotatable bonds is 2. The summed E-state index contributed by atoms with van der Waals surface area (Å²) >= 11 is 0. The predicted molar refractivity (Wildman–Crippen MR) is 74.9 cm³/mol. The van der Waals surface area contributed by atoms with Gasteiger partial charge in [-0.3, -0.25) is 0 Å². The van der Waals surface area contributed by atoms with Crippen molar-refractivity contribution in [2.75, 3.05) is 11.4 Å². The van der Waals surface area contributed by atoms with E-state index in [9.17, 15) is 0 Å². The monoisotopic (exact) mass is 255 g/mol. The van der Waals surface area contributed by atoms with Crippen molar-refractivity contribution in [2.24, 2.45) is 0 Å². The van der Waals surface area contributed by atoms with Crippen molar-refractivity contribution < 1.29 is 4.74 Å². The van der Waals surface area contributed by atoms with Crippen molar-refractivity contribution in [3.05, 3.63) is 42.2 Å². The van der Waals surface area contributed by atoms with E-state index in [0.717, 1.165) is 35.9 Å². The molecule has 1 unspecified atom stereocenters. The summed E-state index contributed by atoms with van der Waals surface area (Å²) in [5.74, 6) is 1.63. The average molecular weight is 255 g/mol. The molecule has 4 nitrogen and oxygen atoms in total. The zero-order chi connectivity index (χ0) is 13.2. The number of para-hydroxylation sites is 2. The number of hydrogen-bond donors (Lipinski definition) is 0. The highest BCUT2D eigenvalue weighted by Gasteiger charge is 2.25. The van der Waals surface area contributed by atoms with Crippen LogP contribution in [-0.4, -0.2) is 22.6 Å². The number of nitrogens with zero attached hydrogens (tertiary/aromatic N) is 3. The summed E-state index contributed by atoms with van der Waals surface area (Å²) in [4.78, 5) is 11.0. The fraction of sp³-hybridized carbons (Fsp3) is 0.333. The Kier molecular flexibility index (Phi) is 3.07. The fourth-order valence-corrected chi connectivity index (χ4v) is 2.25. The van der Waals surface area contributed by atoms with E-state index in [2.05, 4.69) is 28.7 Å². The smallest absolute Gasteiger partial charge is 0.230 e. The third-order valence-corrected chi connectivity index (χ3v) is 3.27. The van der Waals surface area contributed by atoms with Gasteiger partial charge in [-0.05, 0) is 31.0 Å². The minimum absolute atomic E-state index is 0.129. The van der Waals surface area contributed by atoms with Gasteiger partial charge in [0.05, 0.1) is 12.2 Å². The zero-order valence-corrected chi connectivity index (χ0v) is 11.2. The molecular weight excluding hydrogens is 238 g/mol. The van der Waals surface area contributed by atoms with Crippen LogP contribution in [0.15, 0.2) is 36.7 Å². The molecule has 1 atom stereocenters. The number of fused-ring (bicyclic) bond motifs is 1. The van der Waals surface area contributed by atoms with E-state index in [1.807, 2.05) is 36.7 Å². The zero-order valence-electron chi connectivity index (χ0n) is 11.2.